The lowest BCUT2D eigenvalue weighted by Crippen LogP contribution is -2.34. The van der Waals surface area contributed by atoms with Gasteiger partial charge < -0.3 is 25.3 Å². The molecule has 2 aromatic heterocycles. The van der Waals surface area contributed by atoms with Gasteiger partial charge in [0.15, 0.2) is 0 Å². The quantitative estimate of drug-likeness (QED) is 0.420. The van der Waals surface area contributed by atoms with Crippen molar-refractivity contribution in [3.8, 4) is 28.0 Å². The van der Waals surface area contributed by atoms with Crippen molar-refractivity contribution in [2.75, 3.05) is 40.0 Å². The number of hydrogen-bond acceptors (Lipinski definition) is 5. The molecular weight excluding hydrogens is 445 g/mol. The Morgan fingerprint density at radius 1 is 1.20 bits per heavy atom. The van der Waals surface area contributed by atoms with Gasteiger partial charge in [0.05, 0.1) is 18.4 Å². The second-order valence-corrected chi connectivity index (χ2v) is 9.10. The third-order valence-corrected chi connectivity index (χ3v) is 6.80. The number of nitrogen functional groups attached to an aromatic ring is 1. The molecule has 1 amide bonds. The van der Waals surface area contributed by atoms with Crippen LogP contribution in [0.1, 0.15) is 16.8 Å². The van der Waals surface area contributed by atoms with Crippen molar-refractivity contribution in [2.24, 2.45) is 0 Å². The zero-order valence-corrected chi connectivity index (χ0v) is 20.0. The molecule has 1 fully saturated rings. The van der Waals surface area contributed by atoms with E-state index in [1.807, 2.05) is 50.6 Å². The summed E-state index contributed by atoms with van der Waals surface area (Å²) in [6.07, 6.45) is 4.43. The number of aromatic amines is 1. The van der Waals surface area contributed by atoms with E-state index in [1.54, 1.807) is 24.3 Å². The summed E-state index contributed by atoms with van der Waals surface area (Å²) < 4.78 is 20.5. The first kappa shape index (κ1) is 22.9. The second kappa shape index (κ2) is 9.03. The Kier molecular flexibility index (Phi) is 5.90. The highest BCUT2D eigenvalue weighted by molar-refractivity contribution is 6.01. The Morgan fingerprint density at radius 3 is 2.74 bits per heavy atom. The maximum absolute atomic E-state index is 14.9. The second-order valence-electron chi connectivity index (χ2n) is 9.10. The van der Waals surface area contributed by atoms with E-state index in [2.05, 4.69) is 14.9 Å². The van der Waals surface area contributed by atoms with Gasteiger partial charge in [-0.3, -0.25) is 4.79 Å². The van der Waals surface area contributed by atoms with Crippen molar-refractivity contribution in [2.45, 2.75) is 12.5 Å². The maximum Gasteiger partial charge on any atom is 0.256 e. The summed E-state index contributed by atoms with van der Waals surface area (Å²) in [5.41, 5.74) is 9.86. The molecule has 0 radical (unpaired) electrons. The lowest BCUT2D eigenvalue weighted by atomic mass is 9.99. The molecule has 1 atom stereocenters. The summed E-state index contributed by atoms with van der Waals surface area (Å²) in [5.74, 6) is -0.127. The van der Waals surface area contributed by atoms with Crippen LogP contribution < -0.4 is 10.5 Å². The number of para-hydroxylation sites is 1. The number of carbonyl (C=O) groups is 1. The van der Waals surface area contributed by atoms with Crippen LogP contribution in [0.15, 0.2) is 54.9 Å². The van der Waals surface area contributed by atoms with E-state index in [0.29, 0.717) is 29.9 Å². The normalized spacial score (nSPS) is 15.8. The molecule has 4 aromatic rings. The van der Waals surface area contributed by atoms with Crippen molar-refractivity contribution in [1.82, 2.24) is 19.8 Å². The first-order valence-electron chi connectivity index (χ1n) is 11.5. The highest BCUT2D eigenvalue weighted by Gasteiger charge is 2.30. The molecule has 1 aliphatic rings. The van der Waals surface area contributed by atoms with Gasteiger partial charge in [0.2, 0.25) is 0 Å². The molecule has 0 aliphatic carbocycles. The van der Waals surface area contributed by atoms with Crippen LogP contribution in [0.5, 0.6) is 5.75 Å². The molecule has 1 unspecified atom stereocenters. The fraction of sp³-hybridized carbons (Fsp3) is 0.259. The van der Waals surface area contributed by atoms with Gasteiger partial charge in [0, 0.05) is 53.6 Å². The van der Waals surface area contributed by atoms with Crippen molar-refractivity contribution in [3.63, 3.8) is 0 Å². The summed E-state index contributed by atoms with van der Waals surface area (Å²) in [6, 6.07) is 13.0. The molecule has 1 saturated heterocycles. The molecule has 5 rings (SSSR count). The fourth-order valence-corrected chi connectivity index (χ4v) is 4.73. The number of halogens is 1. The van der Waals surface area contributed by atoms with E-state index >= 15 is 0 Å². The lowest BCUT2D eigenvalue weighted by molar-refractivity contribution is 0.0783. The van der Waals surface area contributed by atoms with E-state index in [9.17, 15) is 9.18 Å². The minimum absolute atomic E-state index is 0.127. The molecule has 3 N–H and O–H groups in total. The van der Waals surface area contributed by atoms with Crippen molar-refractivity contribution < 1.29 is 13.9 Å². The van der Waals surface area contributed by atoms with E-state index in [-0.39, 0.29) is 23.2 Å². The Balaban J connectivity index is 1.55. The van der Waals surface area contributed by atoms with Gasteiger partial charge in [0.1, 0.15) is 17.2 Å². The van der Waals surface area contributed by atoms with Crippen LogP contribution in [-0.4, -0.2) is 66.0 Å². The summed E-state index contributed by atoms with van der Waals surface area (Å²) in [6.45, 7) is 1.21. The van der Waals surface area contributed by atoms with Crippen LogP contribution in [0.25, 0.3) is 33.3 Å². The van der Waals surface area contributed by atoms with Gasteiger partial charge in [-0.25, -0.2) is 9.37 Å². The van der Waals surface area contributed by atoms with Crippen LogP contribution in [0, 0.1) is 5.82 Å². The number of fused-ring (bicyclic) bond motifs is 1. The van der Waals surface area contributed by atoms with Crippen LogP contribution >= 0.6 is 0 Å². The fourth-order valence-electron chi connectivity index (χ4n) is 4.73. The van der Waals surface area contributed by atoms with Gasteiger partial charge in [-0.05, 0) is 50.3 Å². The third-order valence-electron chi connectivity index (χ3n) is 6.80. The van der Waals surface area contributed by atoms with Crippen molar-refractivity contribution >= 4 is 22.6 Å². The number of hydrogen-bond donors (Lipinski definition) is 2. The number of benzene rings is 2. The summed E-state index contributed by atoms with van der Waals surface area (Å²) in [5, 5.41) is 0.866. The van der Waals surface area contributed by atoms with Crippen molar-refractivity contribution in [1.29, 1.82) is 0 Å². The number of likely N-dealkylation sites (N-methyl/N-ethyl adjacent to an activating group) is 1. The SMILES string of the molecule is COc1ccccc1-c1c[nH]c2ncc(-c3cc(F)c(N)c(C(=O)N4CCC(N(C)C)C4)c3)cc12. The minimum atomic E-state index is -0.617. The molecule has 1 aliphatic heterocycles. The number of nitrogens with two attached hydrogens (primary N) is 1. The average molecular weight is 474 g/mol. The van der Waals surface area contributed by atoms with Gasteiger partial charge >= 0.3 is 0 Å². The average Bonchev–Trinajstić information content (AvgIpc) is 3.52. The van der Waals surface area contributed by atoms with Gasteiger partial charge in [-0.1, -0.05) is 18.2 Å². The number of pyridine rings is 1. The predicted molar refractivity (Wildman–Crippen MR) is 136 cm³/mol. The number of H-pyrrole nitrogens is 1. The number of nitrogens with zero attached hydrogens (tertiary/aromatic N) is 3. The number of likely N-dealkylation sites (tertiary alicyclic amines) is 1. The predicted octanol–water partition coefficient (Wildman–Crippen LogP) is 4.40. The number of rotatable bonds is 5. The zero-order valence-electron chi connectivity index (χ0n) is 20.0. The van der Waals surface area contributed by atoms with E-state index in [4.69, 9.17) is 10.5 Å². The van der Waals surface area contributed by atoms with E-state index < -0.39 is 5.82 Å². The summed E-state index contributed by atoms with van der Waals surface area (Å²) in [4.78, 5) is 24.9. The van der Waals surface area contributed by atoms with E-state index in [0.717, 1.165) is 28.7 Å². The number of anilines is 1. The first-order chi connectivity index (χ1) is 16.9. The molecule has 7 nitrogen and oxygen atoms in total. The van der Waals surface area contributed by atoms with Crippen molar-refractivity contribution in [3.05, 3.63) is 66.2 Å². The molecule has 3 heterocycles. The van der Waals surface area contributed by atoms with E-state index in [1.165, 1.54) is 6.07 Å². The van der Waals surface area contributed by atoms with Crippen LogP contribution in [0.3, 0.4) is 0 Å². The molecule has 0 bridgehead atoms. The highest BCUT2D eigenvalue weighted by Crippen LogP contribution is 2.36. The molecule has 180 valence electrons. The number of carbonyl (C=O) groups excluding carboxylic acids is 1. The molecule has 0 saturated carbocycles. The summed E-state index contributed by atoms with van der Waals surface area (Å²) >= 11 is 0. The van der Waals surface area contributed by atoms with Gasteiger partial charge in [-0.2, -0.15) is 0 Å². The Hall–Kier alpha value is -3.91. The standard InChI is InChI=1S/C27H28FN5O2/c1-32(2)18-8-9-33(15-18)27(34)21-10-16(12-23(28)25(21)29)17-11-20-22(14-31-26(20)30-13-17)19-6-4-5-7-24(19)35-3/h4-7,10-14,18H,8-9,15,29H2,1-3H3,(H,30,31). The molecule has 0 spiro atoms. The maximum atomic E-state index is 14.9. The number of ether oxygens (including phenoxy) is 1. The Morgan fingerprint density at radius 2 is 2.00 bits per heavy atom. The summed E-state index contributed by atoms with van der Waals surface area (Å²) in [7, 11) is 5.63. The lowest BCUT2D eigenvalue weighted by Gasteiger charge is -2.21. The first-order valence-corrected chi connectivity index (χ1v) is 11.5. The topological polar surface area (TPSA) is 87.5 Å². The number of methoxy groups -OCH3 is 1. The molecule has 35 heavy (non-hydrogen) atoms. The van der Waals surface area contributed by atoms with Crippen LogP contribution in [0.4, 0.5) is 10.1 Å². The smallest absolute Gasteiger partial charge is 0.256 e. The molecule has 2 aromatic carbocycles. The minimum Gasteiger partial charge on any atom is -0.496 e. The molecule has 8 heteroatoms. The van der Waals surface area contributed by atoms with Gasteiger partial charge in [-0.15, -0.1) is 0 Å². The third kappa shape index (κ3) is 4.10. The molecular formula is C27H28FN5O2. The largest absolute Gasteiger partial charge is 0.496 e. The highest BCUT2D eigenvalue weighted by atomic mass is 19.1. The number of nitrogens with one attached hydrogen (secondary N) is 1. The Labute approximate surface area is 203 Å². The van der Waals surface area contributed by atoms with Crippen LogP contribution in [-0.2, 0) is 0 Å². The number of aromatic nitrogens is 2. The van der Waals surface area contributed by atoms with Gasteiger partial charge in [0.25, 0.3) is 5.91 Å². The monoisotopic (exact) mass is 473 g/mol. The Bertz CT molecular complexity index is 1410. The zero-order chi connectivity index (χ0) is 24.7. The van der Waals surface area contributed by atoms with Crippen LogP contribution in [0.2, 0.25) is 0 Å². The number of amides is 1.